The molecule has 0 spiro atoms. The van der Waals surface area contributed by atoms with Gasteiger partial charge in [0.05, 0.1) is 6.07 Å². The molecule has 1 atom stereocenters. The average molecular weight is 273 g/mol. The van der Waals surface area contributed by atoms with E-state index in [1.165, 1.54) is 0 Å². The lowest BCUT2D eigenvalue weighted by molar-refractivity contribution is -0.130. The Morgan fingerprint density at radius 2 is 1.95 bits per heavy atom. The van der Waals surface area contributed by atoms with Gasteiger partial charge in [0, 0.05) is 18.8 Å². The molecule has 0 bridgehead atoms. The molecule has 1 aromatic carbocycles. The molecule has 1 aliphatic rings. The molecule has 1 fully saturated rings. The number of carbonyl (C=O) groups excluding carboxylic acids is 1. The van der Waals surface area contributed by atoms with Crippen LogP contribution in [0, 0.1) is 17.2 Å². The van der Waals surface area contributed by atoms with Crippen LogP contribution in [0.5, 0.6) is 0 Å². The first-order chi connectivity index (χ1) is 9.22. The number of likely N-dealkylation sites (tertiary alicyclic amines) is 1. The van der Waals surface area contributed by atoms with Gasteiger partial charge >= 0.3 is 0 Å². The van der Waals surface area contributed by atoms with Crippen LogP contribution >= 0.6 is 12.2 Å². The number of benzene rings is 1. The highest BCUT2D eigenvalue weighted by atomic mass is 32.1. The Hall–Kier alpha value is -1.93. The Morgan fingerprint density at radius 1 is 1.32 bits per heavy atom. The van der Waals surface area contributed by atoms with E-state index in [1.54, 1.807) is 4.90 Å². The summed E-state index contributed by atoms with van der Waals surface area (Å²) < 4.78 is 0. The lowest BCUT2D eigenvalue weighted by Gasteiger charge is -2.19. The quantitative estimate of drug-likeness (QED) is 0.858. The van der Waals surface area contributed by atoms with Crippen molar-refractivity contribution in [2.45, 2.75) is 12.8 Å². The summed E-state index contributed by atoms with van der Waals surface area (Å²) in [5, 5.41) is 12.1. The fraction of sp³-hybridized carbons (Fsp3) is 0.357. The van der Waals surface area contributed by atoms with Gasteiger partial charge in [0.1, 0.15) is 4.99 Å². The molecular formula is C14H15N3OS. The summed E-state index contributed by atoms with van der Waals surface area (Å²) in [5.74, 6) is -1.08. The molecule has 19 heavy (non-hydrogen) atoms. The number of nitrogens with one attached hydrogen (secondary N) is 1. The number of thiocarbonyl (C=S) groups is 1. The SMILES string of the molecule is N#C[C@@H](C(=O)N1CCCC1)C(=S)Nc1ccccc1. The monoisotopic (exact) mass is 273 g/mol. The summed E-state index contributed by atoms with van der Waals surface area (Å²) >= 11 is 5.19. The van der Waals surface area contributed by atoms with Gasteiger partial charge < -0.3 is 10.2 Å². The number of amides is 1. The second kappa shape index (κ2) is 6.30. The fourth-order valence-corrected chi connectivity index (χ4v) is 2.35. The molecule has 98 valence electrons. The maximum absolute atomic E-state index is 12.2. The van der Waals surface area contributed by atoms with Crippen molar-refractivity contribution in [2.24, 2.45) is 5.92 Å². The Bertz CT molecular complexity index is 503. The average Bonchev–Trinajstić information content (AvgIpc) is 2.94. The summed E-state index contributed by atoms with van der Waals surface area (Å²) in [4.78, 5) is 14.2. The van der Waals surface area contributed by atoms with E-state index in [0.29, 0.717) is 0 Å². The molecule has 1 saturated heterocycles. The number of nitrogens with zero attached hydrogens (tertiary/aromatic N) is 2. The molecule has 0 unspecified atom stereocenters. The topological polar surface area (TPSA) is 56.1 Å². The largest absolute Gasteiger partial charge is 0.348 e. The lowest BCUT2D eigenvalue weighted by Crippen LogP contribution is -2.38. The minimum atomic E-state index is -0.895. The summed E-state index contributed by atoms with van der Waals surface area (Å²) in [7, 11) is 0. The molecule has 1 aliphatic heterocycles. The molecule has 0 radical (unpaired) electrons. The van der Waals surface area contributed by atoms with Crippen LogP contribution in [0.15, 0.2) is 30.3 Å². The molecule has 0 aliphatic carbocycles. The number of anilines is 1. The number of hydrogen-bond donors (Lipinski definition) is 1. The van der Waals surface area contributed by atoms with E-state index >= 15 is 0 Å². The Labute approximate surface area is 118 Å². The van der Waals surface area contributed by atoms with E-state index in [4.69, 9.17) is 12.2 Å². The zero-order valence-corrected chi connectivity index (χ0v) is 11.3. The maximum atomic E-state index is 12.2. The fourth-order valence-electron chi connectivity index (χ4n) is 2.08. The van der Waals surface area contributed by atoms with Crippen LogP contribution in [0.3, 0.4) is 0 Å². The molecule has 4 nitrogen and oxygen atoms in total. The summed E-state index contributed by atoms with van der Waals surface area (Å²) in [6.45, 7) is 1.45. The molecule has 1 N–H and O–H groups in total. The van der Waals surface area contributed by atoms with E-state index in [2.05, 4.69) is 5.32 Å². The van der Waals surface area contributed by atoms with Gasteiger partial charge in [-0.25, -0.2) is 0 Å². The number of rotatable bonds is 3. The number of para-hydroxylation sites is 1. The Balaban J connectivity index is 2.03. The van der Waals surface area contributed by atoms with Crippen molar-refractivity contribution in [3.05, 3.63) is 30.3 Å². The first-order valence-corrected chi connectivity index (χ1v) is 6.67. The first kappa shape index (κ1) is 13.5. The molecule has 2 rings (SSSR count). The minimum absolute atomic E-state index is 0.187. The molecule has 1 amide bonds. The van der Waals surface area contributed by atoms with Crippen molar-refractivity contribution >= 4 is 28.8 Å². The highest BCUT2D eigenvalue weighted by Crippen LogP contribution is 2.15. The number of hydrogen-bond acceptors (Lipinski definition) is 3. The van der Waals surface area contributed by atoms with Crippen molar-refractivity contribution in [1.82, 2.24) is 4.90 Å². The molecule has 5 heteroatoms. The summed E-state index contributed by atoms with van der Waals surface area (Å²) in [5.41, 5.74) is 0.793. The van der Waals surface area contributed by atoms with Crippen molar-refractivity contribution < 1.29 is 4.79 Å². The first-order valence-electron chi connectivity index (χ1n) is 6.26. The zero-order valence-electron chi connectivity index (χ0n) is 10.5. The molecule has 1 heterocycles. The third kappa shape index (κ3) is 3.30. The molecule has 0 aromatic heterocycles. The lowest BCUT2D eigenvalue weighted by atomic mass is 10.1. The number of nitriles is 1. The van der Waals surface area contributed by atoms with Crippen LogP contribution in [-0.4, -0.2) is 28.9 Å². The smallest absolute Gasteiger partial charge is 0.246 e. The number of carbonyl (C=O) groups is 1. The van der Waals surface area contributed by atoms with Gasteiger partial charge in [-0.15, -0.1) is 0 Å². The van der Waals surface area contributed by atoms with Gasteiger partial charge in [0.2, 0.25) is 5.91 Å². The third-order valence-electron chi connectivity index (χ3n) is 3.10. The van der Waals surface area contributed by atoms with E-state index in [0.717, 1.165) is 31.6 Å². The van der Waals surface area contributed by atoms with Crippen molar-refractivity contribution in [1.29, 1.82) is 5.26 Å². The van der Waals surface area contributed by atoms with Crippen molar-refractivity contribution in [3.8, 4) is 6.07 Å². The Morgan fingerprint density at radius 3 is 2.53 bits per heavy atom. The van der Waals surface area contributed by atoms with Gasteiger partial charge in [0.25, 0.3) is 0 Å². The predicted molar refractivity (Wildman–Crippen MR) is 77.6 cm³/mol. The summed E-state index contributed by atoms with van der Waals surface area (Å²) in [6.07, 6.45) is 2.01. The van der Waals surface area contributed by atoms with Crippen LogP contribution in [-0.2, 0) is 4.79 Å². The highest BCUT2D eigenvalue weighted by molar-refractivity contribution is 7.80. The van der Waals surface area contributed by atoms with Gasteiger partial charge in [-0.3, -0.25) is 4.79 Å². The van der Waals surface area contributed by atoms with E-state index in [9.17, 15) is 10.1 Å². The predicted octanol–water partition coefficient (Wildman–Crippen LogP) is 2.19. The van der Waals surface area contributed by atoms with Gasteiger partial charge in [-0.2, -0.15) is 5.26 Å². The van der Waals surface area contributed by atoms with Crippen molar-refractivity contribution in [2.75, 3.05) is 18.4 Å². The van der Waals surface area contributed by atoms with E-state index in [1.807, 2.05) is 36.4 Å². The standard InChI is InChI=1S/C14H15N3OS/c15-10-12(14(18)17-8-4-5-9-17)13(19)16-11-6-2-1-3-7-11/h1-3,6-7,12H,4-5,8-9H2,(H,16,19)/t12-/m1/s1. The van der Waals surface area contributed by atoms with Gasteiger partial charge in [-0.05, 0) is 25.0 Å². The van der Waals surface area contributed by atoms with E-state index in [-0.39, 0.29) is 10.9 Å². The molecule has 1 aromatic rings. The van der Waals surface area contributed by atoms with Crippen LogP contribution in [0.4, 0.5) is 5.69 Å². The zero-order chi connectivity index (χ0) is 13.7. The third-order valence-corrected chi connectivity index (χ3v) is 3.44. The summed E-state index contributed by atoms with van der Waals surface area (Å²) in [6, 6.07) is 11.3. The van der Waals surface area contributed by atoms with Crippen LogP contribution in [0.25, 0.3) is 0 Å². The second-order valence-corrected chi connectivity index (χ2v) is 4.89. The highest BCUT2D eigenvalue weighted by Gasteiger charge is 2.29. The van der Waals surface area contributed by atoms with E-state index < -0.39 is 5.92 Å². The molecule has 0 saturated carbocycles. The normalized spacial score (nSPS) is 15.6. The van der Waals surface area contributed by atoms with Gasteiger partial charge in [0.15, 0.2) is 5.92 Å². The Kier molecular flexibility index (Phi) is 4.48. The van der Waals surface area contributed by atoms with Crippen molar-refractivity contribution in [3.63, 3.8) is 0 Å². The second-order valence-electron chi connectivity index (χ2n) is 4.45. The van der Waals surface area contributed by atoms with Crippen LogP contribution in [0.2, 0.25) is 0 Å². The van der Waals surface area contributed by atoms with Crippen LogP contribution in [0.1, 0.15) is 12.8 Å². The maximum Gasteiger partial charge on any atom is 0.246 e. The van der Waals surface area contributed by atoms with Gasteiger partial charge in [-0.1, -0.05) is 30.4 Å². The van der Waals surface area contributed by atoms with Crippen LogP contribution < -0.4 is 5.32 Å². The minimum Gasteiger partial charge on any atom is -0.348 e. The molecular weight excluding hydrogens is 258 g/mol.